The van der Waals surface area contributed by atoms with Crippen LogP contribution in [0.2, 0.25) is 0 Å². The van der Waals surface area contributed by atoms with E-state index in [0.717, 1.165) is 12.2 Å². The van der Waals surface area contributed by atoms with Gasteiger partial charge < -0.3 is 19.0 Å². The van der Waals surface area contributed by atoms with E-state index in [2.05, 4.69) is 0 Å². The van der Waals surface area contributed by atoms with Gasteiger partial charge in [-0.05, 0) is 30.7 Å². The predicted molar refractivity (Wildman–Crippen MR) is 97.1 cm³/mol. The lowest BCUT2D eigenvalue weighted by Crippen LogP contribution is -2.37. The highest BCUT2D eigenvalue weighted by molar-refractivity contribution is 5.97. The van der Waals surface area contributed by atoms with Crippen LogP contribution in [0.15, 0.2) is 47.1 Å². The third kappa shape index (κ3) is 4.25. The van der Waals surface area contributed by atoms with Gasteiger partial charge in [-0.1, -0.05) is 12.1 Å². The topological polar surface area (TPSA) is 63.0 Å². The van der Waals surface area contributed by atoms with E-state index < -0.39 is 0 Å². The third-order valence-corrected chi connectivity index (χ3v) is 4.64. The van der Waals surface area contributed by atoms with E-state index in [-0.39, 0.29) is 11.8 Å². The molecule has 0 spiro atoms. The van der Waals surface area contributed by atoms with Crippen molar-refractivity contribution >= 4 is 11.8 Å². The maximum absolute atomic E-state index is 12.8. The summed E-state index contributed by atoms with van der Waals surface area (Å²) in [6, 6.07) is 10.9. The second-order valence-electron chi connectivity index (χ2n) is 6.31. The summed E-state index contributed by atoms with van der Waals surface area (Å²) in [5.41, 5.74) is 0.563. The van der Waals surface area contributed by atoms with Gasteiger partial charge in [0.15, 0.2) is 0 Å². The number of hydrogen-bond donors (Lipinski definition) is 0. The number of rotatable bonds is 5. The van der Waals surface area contributed by atoms with E-state index in [1.165, 1.54) is 0 Å². The second kappa shape index (κ2) is 8.56. The molecule has 1 aromatic carbocycles. The Balaban J connectivity index is 1.57. The summed E-state index contributed by atoms with van der Waals surface area (Å²) < 4.78 is 10.6. The Labute approximate surface area is 153 Å². The zero-order valence-corrected chi connectivity index (χ0v) is 15.0. The van der Waals surface area contributed by atoms with Crippen LogP contribution in [0.25, 0.3) is 0 Å². The minimum absolute atomic E-state index is 0.0488. The van der Waals surface area contributed by atoms with E-state index in [0.29, 0.717) is 50.3 Å². The molecule has 2 amide bonds. The fourth-order valence-electron chi connectivity index (χ4n) is 3.20. The fraction of sp³-hybridized carbons (Fsp3) is 0.400. The first kappa shape index (κ1) is 18.0. The molecule has 0 radical (unpaired) electrons. The summed E-state index contributed by atoms with van der Waals surface area (Å²) in [4.78, 5) is 28.9. The van der Waals surface area contributed by atoms with Gasteiger partial charge in [-0.25, -0.2) is 0 Å². The minimum Gasteiger partial charge on any atom is -0.496 e. The summed E-state index contributed by atoms with van der Waals surface area (Å²) in [6.45, 7) is 2.40. The first-order valence-electron chi connectivity index (χ1n) is 8.91. The Morgan fingerprint density at radius 3 is 2.58 bits per heavy atom. The van der Waals surface area contributed by atoms with Gasteiger partial charge in [0.25, 0.3) is 5.91 Å². The molecule has 0 unspecified atom stereocenters. The number of carbonyl (C=O) groups is 2. The predicted octanol–water partition coefficient (Wildman–Crippen LogP) is 2.60. The standard InChI is InChI=1S/C20H24N2O4/c1-25-18-8-3-2-7-17(18)20(24)22-12-5-11-21(13-14-22)19(23)10-9-16-6-4-15-26-16/h2-4,6-8,15H,5,9-14H2,1H3. The summed E-state index contributed by atoms with van der Waals surface area (Å²) in [7, 11) is 1.56. The van der Waals surface area contributed by atoms with E-state index in [9.17, 15) is 9.59 Å². The van der Waals surface area contributed by atoms with Crippen LogP contribution in [0.1, 0.15) is 29.0 Å². The monoisotopic (exact) mass is 356 g/mol. The van der Waals surface area contributed by atoms with Crippen molar-refractivity contribution in [2.24, 2.45) is 0 Å². The molecule has 138 valence electrons. The molecule has 1 aromatic heterocycles. The van der Waals surface area contributed by atoms with Crippen molar-refractivity contribution in [3.8, 4) is 5.75 Å². The summed E-state index contributed by atoms with van der Waals surface area (Å²) in [5, 5.41) is 0. The lowest BCUT2D eigenvalue weighted by molar-refractivity contribution is -0.131. The molecule has 1 saturated heterocycles. The van der Waals surface area contributed by atoms with Crippen LogP contribution in [-0.2, 0) is 11.2 Å². The lowest BCUT2D eigenvalue weighted by atomic mass is 10.1. The van der Waals surface area contributed by atoms with Gasteiger partial charge >= 0.3 is 0 Å². The molecular formula is C20H24N2O4. The quantitative estimate of drug-likeness (QED) is 0.826. The number of ether oxygens (including phenoxy) is 1. The number of hydrogen-bond acceptors (Lipinski definition) is 4. The molecule has 0 N–H and O–H groups in total. The summed E-state index contributed by atoms with van der Waals surface area (Å²) in [6.07, 6.45) is 3.42. The highest BCUT2D eigenvalue weighted by Gasteiger charge is 2.24. The van der Waals surface area contributed by atoms with Gasteiger partial charge in [-0.2, -0.15) is 0 Å². The van der Waals surface area contributed by atoms with Gasteiger partial charge in [-0.15, -0.1) is 0 Å². The lowest BCUT2D eigenvalue weighted by Gasteiger charge is -2.23. The Morgan fingerprint density at radius 2 is 1.81 bits per heavy atom. The maximum Gasteiger partial charge on any atom is 0.257 e. The van der Waals surface area contributed by atoms with Crippen molar-refractivity contribution in [1.82, 2.24) is 9.80 Å². The second-order valence-corrected chi connectivity index (χ2v) is 6.31. The van der Waals surface area contributed by atoms with Crippen molar-refractivity contribution in [2.75, 3.05) is 33.3 Å². The van der Waals surface area contributed by atoms with Crippen LogP contribution in [0.4, 0.5) is 0 Å². The summed E-state index contributed by atoms with van der Waals surface area (Å²) in [5.74, 6) is 1.45. The number of aryl methyl sites for hydroxylation is 1. The van der Waals surface area contributed by atoms with Crippen LogP contribution < -0.4 is 4.74 Å². The molecule has 1 aliphatic heterocycles. The molecule has 26 heavy (non-hydrogen) atoms. The van der Waals surface area contributed by atoms with Gasteiger partial charge in [-0.3, -0.25) is 9.59 Å². The molecule has 0 aliphatic carbocycles. The van der Waals surface area contributed by atoms with Gasteiger partial charge in [0.2, 0.25) is 5.91 Å². The van der Waals surface area contributed by atoms with Crippen LogP contribution in [0.5, 0.6) is 5.75 Å². The fourth-order valence-corrected chi connectivity index (χ4v) is 3.20. The highest BCUT2D eigenvalue weighted by Crippen LogP contribution is 2.20. The molecular weight excluding hydrogens is 332 g/mol. The first-order chi connectivity index (χ1) is 12.7. The maximum atomic E-state index is 12.8. The highest BCUT2D eigenvalue weighted by atomic mass is 16.5. The molecule has 2 heterocycles. The van der Waals surface area contributed by atoms with E-state index in [1.54, 1.807) is 30.4 Å². The van der Waals surface area contributed by atoms with Crippen LogP contribution in [0.3, 0.4) is 0 Å². The molecule has 6 nitrogen and oxygen atoms in total. The zero-order chi connectivity index (χ0) is 18.4. The Hall–Kier alpha value is -2.76. The van der Waals surface area contributed by atoms with Gasteiger partial charge in [0, 0.05) is 39.0 Å². The van der Waals surface area contributed by atoms with E-state index in [1.807, 2.05) is 29.2 Å². The Kier molecular flexibility index (Phi) is 5.94. The van der Waals surface area contributed by atoms with Crippen molar-refractivity contribution in [3.63, 3.8) is 0 Å². The minimum atomic E-state index is -0.0488. The number of carbonyl (C=O) groups excluding carboxylic acids is 2. The van der Waals surface area contributed by atoms with E-state index >= 15 is 0 Å². The molecule has 0 saturated carbocycles. The van der Waals surface area contributed by atoms with Gasteiger partial charge in [0.05, 0.1) is 18.9 Å². The third-order valence-electron chi connectivity index (χ3n) is 4.64. The molecule has 2 aromatic rings. The Bertz CT molecular complexity index is 742. The number of para-hydroxylation sites is 1. The molecule has 6 heteroatoms. The van der Waals surface area contributed by atoms with Crippen molar-refractivity contribution in [3.05, 3.63) is 54.0 Å². The molecule has 0 atom stereocenters. The number of methoxy groups -OCH3 is 1. The van der Waals surface area contributed by atoms with Crippen molar-refractivity contribution in [2.45, 2.75) is 19.3 Å². The summed E-state index contributed by atoms with van der Waals surface area (Å²) >= 11 is 0. The average molecular weight is 356 g/mol. The first-order valence-corrected chi connectivity index (χ1v) is 8.91. The number of furan rings is 1. The molecule has 0 bridgehead atoms. The Morgan fingerprint density at radius 1 is 1.04 bits per heavy atom. The van der Waals surface area contributed by atoms with Crippen LogP contribution in [0, 0.1) is 0 Å². The normalized spacial score (nSPS) is 14.8. The average Bonchev–Trinajstić information content (AvgIpc) is 3.08. The number of nitrogens with zero attached hydrogens (tertiary/aromatic N) is 2. The largest absolute Gasteiger partial charge is 0.496 e. The number of amides is 2. The molecule has 1 fully saturated rings. The SMILES string of the molecule is COc1ccccc1C(=O)N1CCCN(C(=O)CCc2ccco2)CC1. The van der Waals surface area contributed by atoms with Gasteiger partial charge in [0.1, 0.15) is 11.5 Å². The molecule has 1 aliphatic rings. The van der Waals surface area contributed by atoms with Crippen LogP contribution in [-0.4, -0.2) is 54.9 Å². The number of benzene rings is 1. The van der Waals surface area contributed by atoms with Crippen molar-refractivity contribution < 1.29 is 18.7 Å². The molecule has 3 rings (SSSR count). The smallest absolute Gasteiger partial charge is 0.257 e. The zero-order valence-electron chi connectivity index (χ0n) is 15.0. The van der Waals surface area contributed by atoms with Crippen LogP contribution >= 0.6 is 0 Å². The van der Waals surface area contributed by atoms with E-state index in [4.69, 9.17) is 9.15 Å². The van der Waals surface area contributed by atoms with Crippen molar-refractivity contribution in [1.29, 1.82) is 0 Å².